The van der Waals surface area contributed by atoms with E-state index >= 15 is 0 Å². The molecule has 4 bridgehead atoms. The van der Waals surface area contributed by atoms with Crippen LogP contribution in [0.25, 0.3) is 0 Å². The molecular formula is C20H23FO4. The summed E-state index contributed by atoms with van der Waals surface area (Å²) >= 11 is 0. The molecule has 25 heavy (non-hydrogen) atoms. The molecule has 5 rings (SSSR count). The quantitative estimate of drug-likeness (QED) is 0.807. The Morgan fingerprint density at radius 1 is 1.12 bits per heavy atom. The summed E-state index contributed by atoms with van der Waals surface area (Å²) in [5.41, 5.74) is -0.207. The molecule has 4 aliphatic rings. The van der Waals surface area contributed by atoms with Gasteiger partial charge in [-0.3, -0.25) is 4.79 Å². The Bertz CT molecular complexity index is 704. The van der Waals surface area contributed by atoms with E-state index in [0.717, 1.165) is 49.1 Å². The van der Waals surface area contributed by atoms with E-state index in [2.05, 4.69) is 0 Å². The van der Waals surface area contributed by atoms with E-state index in [1.807, 2.05) is 0 Å². The Morgan fingerprint density at radius 3 is 2.16 bits per heavy atom. The molecule has 4 fully saturated rings. The highest BCUT2D eigenvalue weighted by molar-refractivity contribution is 5.99. The first-order valence-electron chi connectivity index (χ1n) is 9.06. The van der Waals surface area contributed by atoms with Crippen LogP contribution in [0, 0.1) is 29.0 Å². The standard InChI is InChI=1S/C20H23FO4/c1-11(22)15-5-16(19(23)24)17(21)6-18(15)25-10-20-7-12-2-13(8-20)4-14(3-12)9-20/h5-6,12-14H,2-4,7-10H2,1H3,(H,23,24). The van der Waals surface area contributed by atoms with Crippen molar-refractivity contribution in [1.82, 2.24) is 0 Å². The highest BCUT2D eigenvalue weighted by Gasteiger charge is 2.51. The summed E-state index contributed by atoms with van der Waals surface area (Å²) in [6.07, 6.45) is 7.47. The van der Waals surface area contributed by atoms with Gasteiger partial charge in [-0.25, -0.2) is 9.18 Å². The zero-order valence-corrected chi connectivity index (χ0v) is 14.4. The monoisotopic (exact) mass is 346 g/mol. The van der Waals surface area contributed by atoms with E-state index in [9.17, 15) is 14.0 Å². The van der Waals surface area contributed by atoms with Crippen molar-refractivity contribution in [3.63, 3.8) is 0 Å². The van der Waals surface area contributed by atoms with E-state index in [4.69, 9.17) is 9.84 Å². The van der Waals surface area contributed by atoms with Gasteiger partial charge in [0.1, 0.15) is 11.6 Å². The van der Waals surface area contributed by atoms with Crippen molar-refractivity contribution in [3.05, 3.63) is 29.1 Å². The van der Waals surface area contributed by atoms with Gasteiger partial charge in [0.05, 0.1) is 17.7 Å². The highest BCUT2D eigenvalue weighted by Crippen LogP contribution is 2.60. The smallest absolute Gasteiger partial charge is 0.338 e. The summed E-state index contributed by atoms with van der Waals surface area (Å²) < 4.78 is 20.0. The molecule has 1 N–H and O–H groups in total. The van der Waals surface area contributed by atoms with Gasteiger partial charge in [-0.05, 0) is 69.3 Å². The molecule has 0 saturated heterocycles. The van der Waals surface area contributed by atoms with Crippen LogP contribution in [-0.4, -0.2) is 23.5 Å². The molecule has 0 heterocycles. The predicted octanol–water partition coefficient (Wildman–Crippen LogP) is 4.32. The molecule has 0 unspecified atom stereocenters. The Hall–Kier alpha value is -1.91. The molecule has 0 aromatic heterocycles. The predicted molar refractivity (Wildman–Crippen MR) is 89.5 cm³/mol. The van der Waals surface area contributed by atoms with Gasteiger partial charge in [0.25, 0.3) is 0 Å². The molecule has 5 heteroatoms. The zero-order valence-electron chi connectivity index (χ0n) is 14.4. The number of hydrogen-bond donors (Lipinski definition) is 1. The van der Waals surface area contributed by atoms with Crippen molar-refractivity contribution in [1.29, 1.82) is 0 Å². The molecule has 134 valence electrons. The maximum Gasteiger partial charge on any atom is 0.338 e. The number of benzene rings is 1. The number of carbonyl (C=O) groups excluding carboxylic acids is 1. The number of carbonyl (C=O) groups is 2. The average Bonchev–Trinajstić information content (AvgIpc) is 2.51. The van der Waals surface area contributed by atoms with Gasteiger partial charge < -0.3 is 9.84 Å². The summed E-state index contributed by atoms with van der Waals surface area (Å²) in [6, 6.07) is 2.15. The number of halogens is 1. The second kappa shape index (κ2) is 5.82. The lowest BCUT2D eigenvalue weighted by molar-refractivity contribution is -0.0746. The molecule has 0 amide bonds. The Kier molecular flexibility index (Phi) is 3.85. The lowest BCUT2D eigenvalue weighted by atomic mass is 9.50. The first kappa shape index (κ1) is 16.6. The molecule has 4 saturated carbocycles. The summed E-state index contributed by atoms with van der Waals surface area (Å²) in [4.78, 5) is 23.0. The fourth-order valence-corrected chi connectivity index (χ4v) is 5.81. The van der Waals surface area contributed by atoms with Crippen molar-refractivity contribution >= 4 is 11.8 Å². The number of Topliss-reactive ketones (excluding diaryl/α,β-unsaturated/α-hetero) is 1. The molecule has 0 spiro atoms. The molecule has 0 atom stereocenters. The number of aromatic carboxylic acids is 1. The summed E-state index contributed by atoms with van der Waals surface area (Å²) in [5.74, 6) is -0.0332. The first-order valence-corrected chi connectivity index (χ1v) is 9.06. The highest BCUT2D eigenvalue weighted by atomic mass is 19.1. The van der Waals surface area contributed by atoms with E-state index in [-0.39, 0.29) is 22.5 Å². The van der Waals surface area contributed by atoms with Gasteiger partial charge in [-0.2, -0.15) is 0 Å². The summed E-state index contributed by atoms with van der Waals surface area (Å²) in [6.45, 7) is 1.83. The molecule has 0 aliphatic heterocycles. The third-order valence-corrected chi connectivity index (χ3v) is 6.38. The Balaban J connectivity index is 1.58. The van der Waals surface area contributed by atoms with Crippen LogP contribution in [0.1, 0.15) is 66.2 Å². The number of carboxylic acids is 1. The lowest BCUT2D eigenvalue weighted by Crippen LogP contribution is -2.48. The van der Waals surface area contributed by atoms with Crippen LogP contribution in [0.4, 0.5) is 4.39 Å². The van der Waals surface area contributed by atoms with Gasteiger partial charge in [0, 0.05) is 11.5 Å². The first-order chi connectivity index (χ1) is 11.8. The number of ketones is 1. The second-order valence-electron chi connectivity index (χ2n) is 8.40. The second-order valence-corrected chi connectivity index (χ2v) is 8.40. The molecule has 1 aromatic carbocycles. The van der Waals surface area contributed by atoms with Crippen LogP contribution >= 0.6 is 0 Å². The third-order valence-electron chi connectivity index (χ3n) is 6.38. The average molecular weight is 346 g/mol. The minimum atomic E-state index is -1.38. The van der Waals surface area contributed by atoms with Crippen LogP contribution in [0.2, 0.25) is 0 Å². The van der Waals surface area contributed by atoms with Crippen molar-refractivity contribution in [2.24, 2.45) is 23.2 Å². The summed E-state index contributed by atoms with van der Waals surface area (Å²) in [5, 5.41) is 9.05. The number of ether oxygens (including phenoxy) is 1. The largest absolute Gasteiger partial charge is 0.492 e. The minimum absolute atomic E-state index is 0.142. The normalized spacial score (nSPS) is 32.6. The van der Waals surface area contributed by atoms with Crippen LogP contribution in [0.3, 0.4) is 0 Å². The molecule has 1 aromatic rings. The summed E-state index contributed by atoms with van der Waals surface area (Å²) in [7, 11) is 0. The molecule has 0 radical (unpaired) electrons. The van der Waals surface area contributed by atoms with Crippen molar-refractivity contribution in [2.75, 3.05) is 6.61 Å². The van der Waals surface area contributed by atoms with Crippen molar-refractivity contribution in [3.8, 4) is 5.75 Å². The van der Waals surface area contributed by atoms with E-state index < -0.39 is 17.3 Å². The Morgan fingerprint density at radius 2 is 1.68 bits per heavy atom. The van der Waals surface area contributed by atoms with E-state index in [1.165, 1.54) is 26.2 Å². The SMILES string of the molecule is CC(=O)c1cc(C(=O)O)c(F)cc1OCC12CC3CC(CC(C3)C1)C2. The fraction of sp³-hybridized carbons (Fsp3) is 0.600. The number of hydrogen-bond acceptors (Lipinski definition) is 3. The fourth-order valence-electron chi connectivity index (χ4n) is 5.81. The van der Waals surface area contributed by atoms with Crippen molar-refractivity contribution < 1.29 is 23.8 Å². The topological polar surface area (TPSA) is 63.6 Å². The minimum Gasteiger partial charge on any atom is -0.492 e. The number of rotatable bonds is 5. The van der Waals surface area contributed by atoms with Crippen molar-refractivity contribution in [2.45, 2.75) is 45.4 Å². The maximum atomic E-state index is 14.1. The van der Waals surface area contributed by atoms with Gasteiger partial charge in [0.15, 0.2) is 5.78 Å². The third kappa shape index (κ3) is 2.94. The zero-order chi connectivity index (χ0) is 17.8. The van der Waals surface area contributed by atoms with Crippen LogP contribution in [-0.2, 0) is 0 Å². The lowest BCUT2D eigenvalue weighted by Gasteiger charge is -2.56. The van der Waals surface area contributed by atoms with Crippen LogP contribution in [0.5, 0.6) is 5.75 Å². The van der Waals surface area contributed by atoms with E-state index in [1.54, 1.807) is 0 Å². The molecular weight excluding hydrogens is 323 g/mol. The van der Waals surface area contributed by atoms with Gasteiger partial charge in [-0.15, -0.1) is 0 Å². The molecule has 4 nitrogen and oxygen atoms in total. The van der Waals surface area contributed by atoms with Crippen LogP contribution in [0.15, 0.2) is 12.1 Å². The maximum absolute atomic E-state index is 14.1. The number of carboxylic acid groups (broad SMARTS) is 1. The van der Waals surface area contributed by atoms with E-state index in [0.29, 0.717) is 6.61 Å². The van der Waals surface area contributed by atoms with Crippen LogP contribution < -0.4 is 4.74 Å². The Labute approximate surface area is 146 Å². The van der Waals surface area contributed by atoms with Gasteiger partial charge in [-0.1, -0.05) is 0 Å². The van der Waals surface area contributed by atoms with Gasteiger partial charge >= 0.3 is 5.97 Å². The van der Waals surface area contributed by atoms with Gasteiger partial charge in [0.2, 0.25) is 0 Å². The molecule has 4 aliphatic carbocycles.